The van der Waals surface area contributed by atoms with E-state index in [1.54, 1.807) is 13.0 Å². The van der Waals surface area contributed by atoms with E-state index in [0.717, 1.165) is 12.1 Å². The summed E-state index contributed by atoms with van der Waals surface area (Å²) in [5.74, 6) is -1.02. The predicted molar refractivity (Wildman–Crippen MR) is 110 cm³/mol. The fourth-order valence-corrected chi connectivity index (χ4v) is 3.42. The number of hydrogen-bond acceptors (Lipinski definition) is 2. The van der Waals surface area contributed by atoms with Crippen LogP contribution < -0.4 is 5.73 Å². The minimum absolute atomic E-state index is 0.112. The van der Waals surface area contributed by atoms with Gasteiger partial charge in [0.15, 0.2) is 0 Å². The molecule has 0 radical (unpaired) electrons. The standard InChI is InChI=1S/C21H21BrF6N2O/c1-12-5-2-3-6-16(7-4-8-17(22)19(29)31)30-18(12)13-9-14(20(23,24)25)11-15(10-13)21(26,27)28/h2-3,8-12,16H,4-7H2,1H3,(H2,29,31)/b3-2+,17-8-,30-18?. The monoisotopic (exact) mass is 510 g/mol. The van der Waals surface area contributed by atoms with E-state index < -0.39 is 29.4 Å². The van der Waals surface area contributed by atoms with Crippen LogP contribution >= 0.6 is 15.9 Å². The topological polar surface area (TPSA) is 55.5 Å². The van der Waals surface area contributed by atoms with Crippen LogP contribution in [0, 0.1) is 5.92 Å². The molecule has 2 unspecified atom stereocenters. The lowest BCUT2D eigenvalue weighted by Gasteiger charge is -2.22. The molecule has 1 heterocycles. The second-order valence-electron chi connectivity index (χ2n) is 7.30. The minimum atomic E-state index is -4.92. The third-order valence-electron chi connectivity index (χ3n) is 4.80. The maximum Gasteiger partial charge on any atom is 0.416 e. The van der Waals surface area contributed by atoms with E-state index in [2.05, 4.69) is 20.9 Å². The van der Waals surface area contributed by atoms with Crippen molar-refractivity contribution in [1.82, 2.24) is 0 Å². The van der Waals surface area contributed by atoms with Gasteiger partial charge in [0.1, 0.15) is 0 Å². The smallest absolute Gasteiger partial charge is 0.365 e. The van der Waals surface area contributed by atoms with Crippen molar-refractivity contribution in [3.05, 3.63) is 57.6 Å². The van der Waals surface area contributed by atoms with Gasteiger partial charge in [-0.05, 0) is 65.4 Å². The molecule has 1 aromatic rings. The van der Waals surface area contributed by atoms with Crippen LogP contribution in [-0.4, -0.2) is 17.7 Å². The van der Waals surface area contributed by atoms with Gasteiger partial charge in [0, 0.05) is 11.6 Å². The van der Waals surface area contributed by atoms with Crippen molar-refractivity contribution in [1.29, 1.82) is 0 Å². The van der Waals surface area contributed by atoms with Gasteiger partial charge in [-0.25, -0.2) is 0 Å². The Kier molecular flexibility index (Phi) is 8.13. The predicted octanol–water partition coefficient (Wildman–Crippen LogP) is 6.41. The molecular weight excluding hydrogens is 490 g/mol. The average molecular weight is 511 g/mol. The number of alkyl halides is 6. The number of halogens is 7. The van der Waals surface area contributed by atoms with Crippen LogP contribution in [0.2, 0.25) is 0 Å². The van der Waals surface area contributed by atoms with Crippen molar-refractivity contribution >= 4 is 27.5 Å². The molecule has 1 amide bonds. The van der Waals surface area contributed by atoms with Crippen molar-refractivity contribution in [2.75, 3.05) is 0 Å². The lowest BCUT2D eigenvalue weighted by atomic mass is 9.90. The van der Waals surface area contributed by atoms with Gasteiger partial charge < -0.3 is 5.73 Å². The molecule has 0 bridgehead atoms. The first kappa shape index (κ1) is 25.2. The molecule has 2 atom stereocenters. The van der Waals surface area contributed by atoms with Gasteiger partial charge in [-0.1, -0.05) is 25.2 Å². The van der Waals surface area contributed by atoms with E-state index in [9.17, 15) is 31.1 Å². The van der Waals surface area contributed by atoms with Gasteiger partial charge >= 0.3 is 12.4 Å². The quantitative estimate of drug-likeness (QED) is 0.277. The lowest BCUT2D eigenvalue weighted by Crippen LogP contribution is -2.20. The number of rotatable bonds is 5. The zero-order valence-electron chi connectivity index (χ0n) is 16.5. The van der Waals surface area contributed by atoms with E-state index in [0.29, 0.717) is 25.7 Å². The van der Waals surface area contributed by atoms with Gasteiger partial charge in [-0.3, -0.25) is 9.79 Å². The SMILES string of the molecule is CC1C/C=C/CC(CC/C=C(\Br)C(N)=O)N=C1c1cc(C(F)(F)F)cc(C(F)(F)F)c1. The first-order valence-electron chi connectivity index (χ1n) is 9.47. The summed E-state index contributed by atoms with van der Waals surface area (Å²) in [7, 11) is 0. The van der Waals surface area contributed by atoms with Gasteiger partial charge in [-0.15, -0.1) is 0 Å². The molecule has 0 saturated carbocycles. The molecule has 1 aliphatic heterocycles. The Morgan fingerprint density at radius 3 is 2.16 bits per heavy atom. The zero-order chi connectivity index (χ0) is 23.4. The number of allylic oxidation sites excluding steroid dienone is 2. The van der Waals surface area contributed by atoms with Gasteiger partial charge in [0.05, 0.1) is 21.7 Å². The number of aliphatic imine (C=N–C) groups is 1. The zero-order valence-corrected chi connectivity index (χ0v) is 18.1. The number of hydrogen-bond donors (Lipinski definition) is 1. The summed E-state index contributed by atoms with van der Waals surface area (Å²) in [4.78, 5) is 15.6. The molecule has 0 spiro atoms. The number of benzene rings is 1. The van der Waals surface area contributed by atoms with E-state index >= 15 is 0 Å². The van der Waals surface area contributed by atoms with E-state index in [4.69, 9.17) is 5.73 Å². The number of amides is 1. The highest BCUT2D eigenvalue weighted by Gasteiger charge is 2.37. The van der Waals surface area contributed by atoms with Crippen LogP contribution in [0.1, 0.15) is 49.3 Å². The fourth-order valence-electron chi connectivity index (χ4n) is 3.19. The fraction of sp³-hybridized carbons (Fsp3) is 0.429. The number of nitrogens with zero attached hydrogens (tertiary/aromatic N) is 1. The molecule has 1 aliphatic rings. The Morgan fingerprint density at radius 2 is 1.65 bits per heavy atom. The average Bonchev–Trinajstić information content (AvgIpc) is 2.64. The molecule has 0 aromatic heterocycles. The summed E-state index contributed by atoms with van der Waals surface area (Å²) < 4.78 is 79.8. The van der Waals surface area contributed by atoms with Crippen LogP contribution in [-0.2, 0) is 17.1 Å². The van der Waals surface area contributed by atoms with Crippen LogP contribution in [0.25, 0.3) is 0 Å². The highest BCUT2D eigenvalue weighted by Crippen LogP contribution is 2.37. The number of primary amides is 1. The van der Waals surface area contributed by atoms with Gasteiger partial charge in [-0.2, -0.15) is 26.3 Å². The van der Waals surface area contributed by atoms with E-state index in [1.165, 1.54) is 0 Å². The van der Waals surface area contributed by atoms with Gasteiger partial charge in [0.25, 0.3) is 5.91 Å². The summed E-state index contributed by atoms with van der Waals surface area (Å²) in [6.07, 6.45) is -2.78. The maximum absolute atomic E-state index is 13.3. The number of carbonyl (C=O) groups is 1. The number of carbonyl (C=O) groups excluding carboxylic acids is 1. The van der Waals surface area contributed by atoms with E-state index in [-0.39, 0.29) is 33.8 Å². The molecule has 0 fully saturated rings. The Hall–Kier alpha value is -2.10. The van der Waals surface area contributed by atoms with Gasteiger partial charge in [0.2, 0.25) is 0 Å². The first-order chi connectivity index (χ1) is 14.3. The maximum atomic E-state index is 13.3. The molecule has 2 rings (SSSR count). The first-order valence-corrected chi connectivity index (χ1v) is 10.3. The highest BCUT2D eigenvalue weighted by molar-refractivity contribution is 9.12. The van der Waals surface area contributed by atoms with Crippen LogP contribution in [0.3, 0.4) is 0 Å². The third kappa shape index (κ3) is 7.22. The van der Waals surface area contributed by atoms with Crippen molar-refractivity contribution in [2.45, 2.75) is 51.0 Å². The largest absolute Gasteiger partial charge is 0.416 e. The van der Waals surface area contributed by atoms with Crippen LogP contribution in [0.15, 0.2) is 45.9 Å². The molecule has 2 N–H and O–H groups in total. The summed E-state index contributed by atoms with van der Waals surface area (Å²) in [5, 5.41) is 0. The summed E-state index contributed by atoms with van der Waals surface area (Å²) in [6.45, 7) is 1.71. The molecule has 10 heteroatoms. The Bertz CT molecular complexity index is 870. The van der Waals surface area contributed by atoms with Crippen molar-refractivity contribution in [2.24, 2.45) is 16.6 Å². The summed E-state index contributed by atoms with van der Waals surface area (Å²) in [5.41, 5.74) is 2.41. The second kappa shape index (κ2) is 10.0. The Balaban J connectivity index is 2.48. The Labute approximate surface area is 184 Å². The molecule has 3 nitrogen and oxygen atoms in total. The lowest BCUT2D eigenvalue weighted by molar-refractivity contribution is -0.143. The molecule has 0 saturated heterocycles. The molecular formula is C21H21BrF6N2O. The van der Waals surface area contributed by atoms with Crippen molar-refractivity contribution in [3.8, 4) is 0 Å². The number of nitrogens with two attached hydrogens (primary N) is 1. The third-order valence-corrected chi connectivity index (χ3v) is 5.51. The van der Waals surface area contributed by atoms with Crippen LogP contribution in [0.5, 0.6) is 0 Å². The van der Waals surface area contributed by atoms with Crippen molar-refractivity contribution < 1.29 is 31.1 Å². The molecule has 1 aromatic carbocycles. The summed E-state index contributed by atoms with van der Waals surface area (Å²) >= 11 is 3.03. The minimum Gasteiger partial charge on any atom is -0.365 e. The Morgan fingerprint density at radius 1 is 1.10 bits per heavy atom. The molecule has 170 valence electrons. The van der Waals surface area contributed by atoms with Crippen molar-refractivity contribution in [3.63, 3.8) is 0 Å². The molecule has 31 heavy (non-hydrogen) atoms. The highest BCUT2D eigenvalue weighted by atomic mass is 79.9. The van der Waals surface area contributed by atoms with Crippen LogP contribution in [0.4, 0.5) is 26.3 Å². The summed E-state index contributed by atoms with van der Waals surface area (Å²) in [6, 6.07) is 1.18. The van der Waals surface area contributed by atoms with E-state index in [1.807, 2.05) is 12.2 Å². The second-order valence-corrected chi connectivity index (χ2v) is 8.15. The normalized spacial score (nSPS) is 21.8. The molecule has 0 aliphatic carbocycles.